The van der Waals surface area contributed by atoms with Gasteiger partial charge in [0.15, 0.2) is 0 Å². The first kappa shape index (κ1) is 14.5. The van der Waals surface area contributed by atoms with Crippen molar-refractivity contribution in [3.05, 3.63) is 66.0 Å². The van der Waals surface area contributed by atoms with Crippen molar-refractivity contribution in [3.8, 4) is 0 Å². The van der Waals surface area contributed by atoms with E-state index >= 15 is 0 Å². The highest BCUT2D eigenvalue weighted by Gasteiger charge is 2.18. The van der Waals surface area contributed by atoms with E-state index in [0.717, 1.165) is 11.3 Å². The molecule has 0 fully saturated rings. The zero-order valence-corrected chi connectivity index (χ0v) is 11.8. The summed E-state index contributed by atoms with van der Waals surface area (Å²) in [5.41, 5.74) is 1.87. The number of anilines is 1. The van der Waals surface area contributed by atoms with E-state index in [9.17, 15) is 9.50 Å². The number of nitrogens with zero attached hydrogens (tertiary/aromatic N) is 1. The fourth-order valence-corrected chi connectivity index (χ4v) is 2.31. The van der Waals surface area contributed by atoms with Crippen molar-refractivity contribution in [2.24, 2.45) is 5.92 Å². The molecule has 0 bridgehead atoms. The van der Waals surface area contributed by atoms with E-state index in [-0.39, 0.29) is 11.7 Å². The largest absolute Gasteiger partial charge is 0.388 e. The minimum absolute atomic E-state index is 0.0763. The molecule has 0 saturated carbocycles. The van der Waals surface area contributed by atoms with E-state index in [1.54, 1.807) is 12.1 Å². The third kappa shape index (κ3) is 3.58. The number of aliphatic hydroxyl groups excluding tert-OH is 1. The molecule has 2 atom stereocenters. The number of benzene rings is 2. The van der Waals surface area contributed by atoms with E-state index in [4.69, 9.17) is 0 Å². The molecule has 2 rings (SSSR count). The van der Waals surface area contributed by atoms with Gasteiger partial charge in [0.1, 0.15) is 5.82 Å². The molecule has 0 aliphatic heterocycles. The fraction of sp³-hybridized carbons (Fsp3) is 0.294. The first-order chi connectivity index (χ1) is 9.58. The fourth-order valence-electron chi connectivity index (χ4n) is 2.31. The van der Waals surface area contributed by atoms with Crippen molar-refractivity contribution >= 4 is 5.69 Å². The molecular formula is C17H20FNO. The molecule has 20 heavy (non-hydrogen) atoms. The van der Waals surface area contributed by atoms with Gasteiger partial charge in [-0.25, -0.2) is 4.39 Å². The summed E-state index contributed by atoms with van der Waals surface area (Å²) >= 11 is 0. The van der Waals surface area contributed by atoms with Crippen LogP contribution in [-0.2, 0) is 0 Å². The van der Waals surface area contributed by atoms with E-state index in [2.05, 4.69) is 0 Å². The molecule has 0 amide bonds. The summed E-state index contributed by atoms with van der Waals surface area (Å²) in [7, 11) is 1.95. The molecule has 1 N–H and O–H groups in total. The summed E-state index contributed by atoms with van der Waals surface area (Å²) in [4.78, 5) is 2.02. The average molecular weight is 273 g/mol. The lowest BCUT2D eigenvalue weighted by atomic mass is 9.97. The van der Waals surface area contributed by atoms with Crippen LogP contribution in [0.2, 0.25) is 0 Å². The van der Waals surface area contributed by atoms with Gasteiger partial charge in [0.25, 0.3) is 0 Å². The van der Waals surface area contributed by atoms with Crippen LogP contribution in [0.15, 0.2) is 54.6 Å². The van der Waals surface area contributed by atoms with Crippen molar-refractivity contribution in [1.82, 2.24) is 0 Å². The minimum Gasteiger partial charge on any atom is -0.388 e. The zero-order chi connectivity index (χ0) is 14.5. The first-order valence-electron chi connectivity index (χ1n) is 6.77. The van der Waals surface area contributed by atoms with Crippen LogP contribution >= 0.6 is 0 Å². The van der Waals surface area contributed by atoms with Crippen molar-refractivity contribution in [2.75, 3.05) is 18.5 Å². The Bertz CT molecular complexity index is 526. The van der Waals surface area contributed by atoms with Crippen LogP contribution in [0.25, 0.3) is 0 Å². The molecule has 106 valence electrons. The molecule has 2 nitrogen and oxygen atoms in total. The second kappa shape index (κ2) is 6.53. The highest BCUT2D eigenvalue weighted by molar-refractivity contribution is 5.45. The summed E-state index contributed by atoms with van der Waals surface area (Å²) in [5.74, 6) is -0.160. The lowest BCUT2D eigenvalue weighted by Crippen LogP contribution is -2.27. The second-order valence-electron chi connectivity index (χ2n) is 5.19. The van der Waals surface area contributed by atoms with Crippen LogP contribution < -0.4 is 4.90 Å². The van der Waals surface area contributed by atoms with Crippen molar-refractivity contribution in [1.29, 1.82) is 0 Å². The van der Waals surface area contributed by atoms with Gasteiger partial charge in [-0.3, -0.25) is 0 Å². The summed E-state index contributed by atoms with van der Waals surface area (Å²) in [5, 5.41) is 10.3. The molecule has 0 heterocycles. The van der Waals surface area contributed by atoms with E-state index in [1.807, 2.05) is 49.2 Å². The molecule has 0 radical (unpaired) electrons. The zero-order valence-electron chi connectivity index (χ0n) is 11.8. The normalized spacial score (nSPS) is 13.8. The minimum atomic E-state index is -0.501. The monoisotopic (exact) mass is 273 g/mol. The Balaban J connectivity index is 2.00. The lowest BCUT2D eigenvalue weighted by molar-refractivity contribution is 0.121. The number of halogens is 1. The molecule has 0 aromatic heterocycles. The Kier molecular flexibility index (Phi) is 4.74. The van der Waals surface area contributed by atoms with Gasteiger partial charge in [-0.2, -0.15) is 0 Å². The predicted molar refractivity (Wildman–Crippen MR) is 80.2 cm³/mol. The van der Waals surface area contributed by atoms with Gasteiger partial charge in [-0.05, 0) is 29.8 Å². The molecule has 0 spiro atoms. The van der Waals surface area contributed by atoms with Crippen LogP contribution in [0.4, 0.5) is 10.1 Å². The summed E-state index contributed by atoms with van der Waals surface area (Å²) < 4.78 is 12.9. The summed E-state index contributed by atoms with van der Waals surface area (Å²) in [6.07, 6.45) is -0.501. The van der Waals surface area contributed by atoms with Crippen molar-refractivity contribution in [3.63, 3.8) is 0 Å². The van der Waals surface area contributed by atoms with Gasteiger partial charge < -0.3 is 10.0 Å². The van der Waals surface area contributed by atoms with E-state index in [1.165, 1.54) is 12.1 Å². The topological polar surface area (TPSA) is 23.5 Å². The highest BCUT2D eigenvalue weighted by Crippen LogP contribution is 2.24. The molecule has 0 aliphatic carbocycles. The maximum absolute atomic E-state index is 12.9. The predicted octanol–water partition coefficient (Wildman–Crippen LogP) is 3.63. The van der Waals surface area contributed by atoms with Crippen LogP contribution in [0.5, 0.6) is 0 Å². The van der Waals surface area contributed by atoms with Gasteiger partial charge >= 0.3 is 0 Å². The number of hydrogen-bond donors (Lipinski definition) is 1. The highest BCUT2D eigenvalue weighted by atomic mass is 19.1. The Hall–Kier alpha value is -1.87. The Morgan fingerprint density at radius 1 is 1.05 bits per heavy atom. The summed E-state index contributed by atoms with van der Waals surface area (Å²) in [6.45, 7) is 2.71. The maximum Gasteiger partial charge on any atom is 0.123 e. The Labute approximate surface area is 119 Å². The smallest absolute Gasteiger partial charge is 0.123 e. The van der Waals surface area contributed by atoms with Crippen LogP contribution in [0, 0.1) is 11.7 Å². The van der Waals surface area contributed by atoms with Gasteiger partial charge in [0.2, 0.25) is 0 Å². The molecule has 0 saturated heterocycles. The molecule has 0 aliphatic rings. The maximum atomic E-state index is 12.9. The van der Waals surface area contributed by atoms with Gasteiger partial charge in [0, 0.05) is 25.2 Å². The number of aliphatic hydroxyl groups is 1. The number of hydrogen-bond acceptors (Lipinski definition) is 2. The quantitative estimate of drug-likeness (QED) is 0.899. The second-order valence-corrected chi connectivity index (χ2v) is 5.19. The lowest BCUT2D eigenvalue weighted by Gasteiger charge is -2.26. The molecule has 3 heteroatoms. The van der Waals surface area contributed by atoms with Crippen LogP contribution in [-0.4, -0.2) is 18.7 Å². The van der Waals surface area contributed by atoms with E-state index < -0.39 is 6.10 Å². The van der Waals surface area contributed by atoms with Gasteiger partial charge in [0.05, 0.1) is 6.10 Å². The Morgan fingerprint density at radius 3 is 2.25 bits per heavy atom. The van der Waals surface area contributed by atoms with Gasteiger partial charge in [-0.15, -0.1) is 0 Å². The number of rotatable bonds is 5. The SMILES string of the molecule is CC(CN(C)c1ccc(F)cc1)C(O)c1ccccc1. The van der Waals surface area contributed by atoms with Crippen molar-refractivity contribution in [2.45, 2.75) is 13.0 Å². The van der Waals surface area contributed by atoms with E-state index in [0.29, 0.717) is 6.54 Å². The standard InChI is InChI=1S/C17H20FNO/c1-13(17(20)14-6-4-3-5-7-14)12-19(2)16-10-8-15(18)9-11-16/h3-11,13,17,20H,12H2,1-2H3. The molecule has 2 unspecified atom stereocenters. The Morgan fingerprint density at radius 2 is 1.65 bits per heavy atom. The van der Waals surface area contributed by atoms with Crippen LogP contribution in [0.1, 0.15) is 18.6 Å². The molecular weight excluding hydrogens is 253 g/mol. The molecule has 2 aromatic rings. The van der Waals surface area contributed by atoms with Crippen LogP contribution in [0.3, 0.4) is 0 Å². The third-order valence-electron chi connectivity index (χ3n) is 3.51. The first-order valence-corrected chi connectivity index (χ1v) is 6.77. The van der Waals surface area contributed by atoms with Crippen molar-refractivity contribution < 1.29 is 9.50 Å². The van der Waals surface area contributed by atoms with Gasteiger partial charge in [-0.1, -0.05) is 37.3 Å². The molecule has 2 aromatic carbocycles. The average Bonchev–Trinajstić information content (AvgIpc) is 2.48. The summed E-state index contributed by atoms with van der Waals surface area (Å²) in [6, 6.07) is 16.0. The third-order valence-corrected chi connectivity index (χ3v) is 3.51.